The molecule has 1 aromatic rings. The Hall–Kier alpha value is -1.76. The van der Waals surface area contributed by atoms with E-state index >= 15 is 0 Å². The molecule has 0 aliphatic carbocycles. The van der Waals surface area contributed by atoms with Gasteiger partial charge >= 0.3 is 5.82 Å². The lowest BCUT2D eigenvalue weighted by atomic mass is 10.1. The number of nitro groups is 1. The van der Waals surface area contributed by atoms with E-state index in [0.717, 1.165) is 6.20 Å². The Morgan fingerprint density at radius 3 is 2.92 bits per heavy atom. The van der Waals surface area contributed by atoms with Gasteiger partial charge in [-0.15, -0.1) is 5.10 Å². The number of hydrogen-bond acceptors (Lipinski definition) is 5. The summed E-state index contributed by atoms with van der Waals surface area (Å²) in [4.78, 5) is 20.9. The van der Waals surface area contributed by atoms with Crippen LogP contribution in [0, 0.1) is 10.1 Å². The van der Waals surface area contributed by atoms with Gasteiger partial charge in [0.1, 0.15) is 5.56 Å². The molecule has 13 heavy (non-hydrogen) atoms. The number of nitrogens with one attached hydrogen (secondary N) is 1. The predicted molar refractivity (Wildman–Crippen MR) is 43.2 cm³/mol. The summed E-state index contributed by atoms with van der Waals surface area (Å²) in [6.45, 7) is 1.46. The van der Waals surface area contributed by atoms with Crippen molar-refractivity contribution in [1.29, 1.82) is 0 Å². The van der Waals surface area contributed by atoms with E-state index in [0.29, 0.717) is 0 Å². The molecule has 0 fully saturated rings. The minimum Gasteiger partial charge on any atom is -0.358 e. The number of rotatable bonds is 3. The van der Waals surface area contributed by atoms with E-state index in [4.69, 9.17) is 5.73 Å². The summed E-state index contributed by atoms with van der Waals surface area (Å²) in [6, 6.07) is -0.767. The van der Waals surface area contributed by atoms with E-state index in [-0.39, 0.29) is 5.56 Å². The van der Waals surface area contributed by atoms with Gasteiger partial charge in [0, 0.05) is 0 Å². The van der Waals surface area contributed by atoms with Gasteiger partial charge in [-0.1, -0.05) is 5.10 Å². The third-order valence-electron chi connectivity index (χ3n) is 1.48. The highest BCUT2D eigenvalue weighted by Gasteiger charge is 2.23. The maximum absolute atomic E-state index is 11.2. The van der Waals surface area contributed by atoms with Gasteiger partial charge in [0.05, 0.1) is 12.2 Å². The van der Waals surface area contributed by atoms with Crippen LogP contribution in [0.25, 0.3) is 0 Å². The average Bonchev–Trinajstić information content (AvgIpc) is 2.50. The predicted octanol–water partition coefficient (Wildman–Crippen LogP) is -0.152. The second-order valence-electron chi connectivity index (χ2n) is 2.54. The zero-order valence-corrected chi connectivity index (χ0v) is 6.85. The second kappa shape index (κ2) is 3.31. The number of nitrogens with zero attached hydrogens (tertiary/aromatic N) is 2. The molecular formula is C6H8N4O3. The van der Waals surface area contributed by atoms with Crippen LogP contribution in [0.3, 0.4) is 0 Å². The zero-order valence-electron chi connectivity index (χ0n) is 6.85. The number of nitrogens with two attached hydrogens (primary N) is 1. The van der Waals surface area contributed by atoms with Crippen molar-refractivity contribution in [2.75, 3.05) is 0 Å². The number of H-pyrrole nitrogens is 1. The molecule has 0 saturated heterocycles. The summed E-state index contributed by atoms with van der Waals surface area (Å²) in [5, 5.41) is 15.9. The monoisotopic (exact) mass is 184 g/mol. The van der Waals surface area contributed by atoms with Crippen LogP contribution < -0.4 is 5.73 Å². The highest BCUT2D eigenvalue weighted by Crippen LogP contribution is 2.14. The highest BCUT2D eigenvalue weighted by molar-refractivity contribution is 6.02. The molecule has 0 amide bonds. The first-order chi connectivity index (χ1) is 6.04. The number of carbonyl (C=O) groups is 1. The molecule has 1 aromatic heterocycles. The number of Topliss-reactive ketones (excluding diaryl/α,β-unsaturated/α-hetero) is 1. The molecule has 1 atom stereocenters. The van der Waals surface area contributed by atoms with Gasteiger partial charge < -0.3 is 15.8 Å². The normalized spacial score (nSPS) is 12.5. The first-order valence-electron chi connectivity index (χ1n) is 3.51. The minimum absolute atomic E-state index is 0.0833. The number of carbonyl (C=O) groups excluding carboxylic acids is 1. The third kappa shape index (κ3) is 1.70. The van der Waals surface area contributed by atoms with Crippen molar-refractivity contribution in [2.24, 2.45) is 5.73 Å². The second-order valence-corrected chi connectivity index (χ2v) is 2.54. The van der Waals surface area contributed by atoms with Crippen molar-refractivity contribution in [3.8, 4) is 0 Å². The van der Waals surface area contributed by atoms with Crippen LogP contribution in [0.15, 0.2) is 6.20 Å². The van der Waals surface area contributed by atoms with Crippen LogP contribution in [0.5, 0.6) is 0 Å². The molecule has 0 aliphatic rings. The van der Waals surface area contributed by atoms with Crippen molar-refractivity contribution in [3.63, 3.8) is 0 Å². The van der Waals surface area contributed by atoms with Gasteiger partial charge in [-0.25, -0.2) is 0 Å². The van der Waals surface area contributed by atoms with Crippen LogP contribution >= 0.6 is 0 Å². The molecule has 3 N–H and O–H groups in total. The van der Waals surface area contributed by atoms with Crippen LogP contribution in [0.2, 0.25) is 0 Å². The van der Waals surface area contributed by atoms with E-state index in [9.17, 15) is 14.9 Å². The molecule has 0 spiro atoms. The van der Waals surface area contributed by atoms with E-state index in [1.165, 1.54) is 6.92 Å². The molecule has 7 heteroatoms. The lowest BCUT2D eigenvalue weighted by Crippen LogP contribution is -2.26. The fraction of sp³-hybridized carbons (Fsp3) is 0.333. The molecule has 1 heterocycles. The molecule has 1 rings (SSSR count). The molecule has 0 bridgehead atoms. The van der Waals surface area contributed by atoms with Crippen molar-refractivity contribution >= 4 is 11.6 Å². The topological polar surface area (TPSA) is 115 Å². The van der Waals surface area contributed by atoms with Gasteiger partial charge in [0.25, 0.3) is 0 Å². The van der Waals surface area contributed by atoms with E-state index in [1.807, 2.05) is 0 Å². The number of aromatic nitrogens is 2. The van der Waals surface area contributed by atoms with E-state index < -0.39 is 22.6 Å². The Balaban J connectivity index is 3.08. The van der Waals surface area contributed by atoms with Gasteiger partial charge in [-0.3, -0.25) is 4.79 Å². The Morgan fingerprint density at radius 2 is 2.46 bits per heavy atom. The van der Waals surface area contributed by atoms with Gasteiger partial charge in [0.15, 0.2) is 5.78 Å². The van der Waals surface area contributed by atoms with E-state index in [2.05, 4.69) is 10.2 Å². The largest absolute Gasteiger partial charge is 0.358 e. The van der Waals surface area contributed by atoms with Crippen molar-refractivity contribution < 1.29 is 9.72 Å². The minimum atomic E-state index is -0.767. The highest BCUT2D eigenvalue weighted by atomic mass is 16.6. The summed E-state index contributed by atoms with van der Waals surface area (Å²) in [5.74, 6) is -0.914. The molecule has 0 saturated carbocycles. The zero-order chi connectivity index (χ0) is 10.0. The third-order valence-corrected chi connectivity index (χ3v) is 1.48. The first-order valence-corrected chi connectivity index (χ1v) is 3.51. The SMILES string of the molecule is CC(N)C(=O)c1cn[nH]c1[N+](=O)[O-]. The quantitative estimate of drug-likeness (QED) is 0.385. The lowest BCUT2D eigenvalue weighted by molar-refractivity contribution is -0.389. The smallest absolute Gasteiger partial charge is 0.353 e. The molecule has 0 aromatic carbocycles. The van der Waals surface area contributed by atoms with Crippen LogP contribution in [-0.2, 0) is 0 Å². The summed E-state index contributed by atoms with van der Waals surface area (Å²) < 4.78 is 0. The van der Waals surface area contributed by atoms with Crippen molar-refractivity contribution in [1.82, 2.24) is 10.2 Å². The van der Waals surface area contributed by atoms with Crippen LogP contribution in [0.1, 0.15) is 17.3 Å². The fourth-order valence-electron chi connectivity index (χ4n) is 0.844. The van der Waals surface area contributed by atoms with Gasteiger partial charge in [-0.05, 0) is 11.8 Å². The Labute approximate surface area is 73.1 Å². The molecule has 70 valence electrons. The molecule has 7 nitrogen and oxygen atoms in total. The van der Waals surface area contributed by atoms with Crippen molar-refractivity contribution in [2.45, 2.75) is 13.0 Å². The lowest BCUT2D eigenvalue weighted by Gasteiger charge is -2.00. The van der Waals surface area contributed by atoms with Gasteiger partial charge in [0.2, 0.25) is 0 Å². The molecular weight excluding hydrogens is 176 g/mol. The summed E-state index contributed by atoms with van der Waals surface area (Å²) in [7, 11) is 0. The Kier molecular flexibility index (Phi) is 2.38. The van der Waals surface area contributed by atoms with Crippen LogP contribution in [0.4, 0.5) is 5.82 Å². The Morgan fingerprint density at radius 1 is 1.85 bits per heavy atom. The maximum Gasteiger partial charge on any atom is 0.353 e. The van der Waals surface area contributed by atoms with E-state index in [1.54, 1.807) is 0 Å². The summed E-state index contributed by atoms with van der Waals surface area (Å²) in [6.07, 6.45) is 1.10. The molecule has 0 aliphatic heterocycles. The fourth-order valence-corrected chi connectivity index (χ4v) is 0.844. The van der Waals surface area contributed by atoms with Gasteiger partial charge in [-0.2, -0.15) is 0 Å². The van der Waals surface area contributed by atoms with Crippen molar-refractivity contribution in [3.05, 3.63) is 21.9 Å². The summed E-state index contributed by atoms with van der Waals surface area (Å²) in [5.41, 5.74) is 5.20. The first kappa shape index (κ1) is 9.33. The number of aromatic amines is 1. The van der Waals surface area contributed by atoms with Crippen LogP contribution in [-0.4, -0.2) is 26.9 Å². The average molecular weight is 184 g/mol. The number of ketones is 1. The molecule has 1 unspecified atom stereocenters. The Bertz CT molecular complexity index is 343. The molecule has 0 radical (unpaired) electrons. The standard InChI is InChI=1S/C6H8N4O3/c1-3(7)5(11)4-2-8-9-6(4)10(12)13/h2-3H,7H2,1H3,(H,8,9). The summed E-state index contributed by atoms with van der Waals surface area (Å²) >= 11 is 0. The maximum atomic E-state index is 11.2. The number of hydrogen-bond donors (Lipinski definition) is 2.